The van der Waals surface area contributed by atoms with Crippen molar-refractivity contribution in [3.05, 3.63) is 11.1 Å². The summed E-state index contributed by atoms with van der Waals surface area (Å²) in [7, 11) is -3.53. The molecule has 0 radical (unpaired) electrons. The molecule has 0 amide bonds. The van der Waals surface area contributed by atoms with Crippen LogP contribution in [0.15, 0.2) is 16.4 Å². The highest BCUT2D eigenvalue weighted by Gasteiger charge is 2.27. The molecule has 1 aromatic rings. The Balaban J connectivity index is 3.36. The monoisotopic (exact) mass is 231 g/mol. The molecular formula is C8H13N3O3S. The van der Waals surface area contributed by atoms with E-state index in [1.54, 1.807) is 6.92 Å². The van der Waals surface area contributed by atoms with Crippen LogP contribution in [-0.4, -0.2) is 23.4 Å². The maximum Gasteiger partial charge on any atom is 0.206 e. The lowest BCUT2D eigenvalue weighted by molar-refractivity contribution is 0.574. The maximum atomic E-state index is 11.8. The molecular weight excluding hydrogens is 218 g/mol. The summed E-state index contributed by atoms with van der Waals surface area (Å²) in [6.07, 6.45) is 1.34. The van der Waals surface area contributed by atoms with Crippen molar-refractivity contribution in [2.75, 3.05) is 0 Å². The van der Waals surface area contributed by atoms with Gasteiger partial charge in [-0.05, 0) is 25.9 Å². The van der Waals surface area contributed by atoms with Crippen LogP contribution in [0.4, 0.5) is 5.69 Å². The zero-order valence-corrected chi connectivity index (χ0v) is 9.65. The fourth-order valence-corrected chi connectivity index (χ4v) is 2.09. The third-order valence-electron chi connectivity index (χ3n) is 2.02. The van der Waals surface area contributed by atoms with Crippen LogP contribution < -0.4 is 0 Å². The molecule has 15 heavy (non-hydrogen) atoms. The van der Waals surface area contributed by atoms with Crippen molar-refractivity contribution in [3.8, 4) is 0 Å². The summed E-state index contributed by atoms with van der Waals surface area (Å²) < 4.78 is 24.9. The molecule has 0 saturated heterocycles. The Bertz CT molecular complexity index is 461. The molecule has 0 fully saturated rings. The van der Waals surface area contributed by atoms with Gasteiger partial charge < -0.3 is 0 Å². The third kappa shape index (κ3) is 2.06. The number of sulfone groups is 1. The molecule has 0 aliphatic rings. The molecule has 0 aromatic carbocycles. The Hall–Kier alpha value is -1.24. The summed E-state index contributed by atoms with van der Waals surface area (Å²) in [4.78, 5) is 10.5. The predicted molar refractivity (Wildman–Crippen MR) is 55.7 cm³/mol. The molecule has 0 N–H and O–H groups in total. The minimum Gasteiger partial charge on any atom is -0.269 e. The van der Waals surface area contributed by atoms with Gasteiger partial charge in [0, 0.05) is 6.54 Å². The lowest BCUT2D eigenvalue weighted by Crippen LogP contribution is -2.15. The first-order valence-corrected chi connectivity index (χ1v) is 6.12. The Morgan fingerprint density at radius 2 is 2.13 bits per heavy atom. The van der Waals surface area contributed by atoms with Crippen LogP contribution in [0.3, 0.4) is 0 Å². The highest BCUT2D eigenvalue weighted by molar-refractivity contribution is 7.92. The van der Waals surface area contributed by atoms with E-state index in [2.05, 4.69) is 10.3 Å². The summed E-state index contributed by atoms with van der Waals surface area (Å²) in [6, 6.07) is 0. The molecule has 0 spiro atoms. The van der Waals surface area contributed by atoms with Crippen molar-refractivity contribution < 1.29 is 8.42 Å². The van der Waals surface area contributed by atoms with Gasteiger partial charge in [-0.15, -0.1) is 4.91 Å². The van der Waals surface area contributed by atoms with E-state index in [0.717, 1.165) is 0 Å². The van der Waals surface area contributed by atoms with Crippen LogP contribution in [0.2, 0.25) is 0 Å². The smallest absolute Gasteiger partial charge is 0.206 e. The molecule has 0 saturated carbocycles. The summed E-state index contributed by atoms with van der Waals surface area (Å²) in [5, 5.41) is 5.66. The van der Waals surface area contributed by atoms with Gasteiger partial charge in [0.25, 0.3) is 0 Å². The van der Waals surface area contributed by atoms with E-state index in [0.29, 0.717) is 6.54 Å². The van der Waals surface area contributed by atoms with Gasteiger partial charge in [-0.25, -0.2) is 8.42 Å². The average Bonchev–Trinajstić information content (AvgIpc) is 2.60. The Morgan fingerprint density at radius 3 is 2.53 bits per heavy atom. The lowest BCUT2D eigenvalue weighted by atomic mass is 10.6. The number of aryl methyl sites for hydroxylation is 1. The zero-order chi connectivity index (χ0) is 11.6. The van der Waals surface area contributed by atoms with Crippen LogP contribution >= 0.6 is 0 Å². The first kappa shape index (κ1) is 11.8. The van der Waals surface area contributed by atoms with E-state index >= 15 is 0 Å². The average molecular weight is 231 g/mol. The second-order valence-corrected chi connectivity index (χ2v) is 5.78. The maximum absolute atomic E-state index is 11.8. The highest BCUT2D eigenvalue weighted by atomic mass is 32.2. The zero-order valence-electron chi connectivity index (χ0n) is 8.84. The minimum absolute atomic E-state index is 0.120. The Morgan fingerprint density at radius 1 is 1.53 bits per heavy atom. The van der Waals surface area contributed by atoms with Gasteiger partial charge in [0.05, 0.1) is 11.4 Å². The molecule has 0 aliphatic carbocycles. The molecule has 0 unspecified atom stereocenters. The second-order valence-electron chi connectivity index (χ2n) is 3.36. The standard InChI is InChI=1S/C8H13N3O3S/c1-4-11-5-7(10-12)8(9-11)15(13,14)6(2)3/h5-6H,4H2,1-3H3. The Labute approximate surface area is 88.2 Å². The number of nitrogens with zero attached hydrogens (tertiary/aromatic N) is 3. The molecule has 84 valence electrons. The predicted octanol–water partition coefficient (Wildman–Crippen LogP) is 1.48. The quantitative estimate of drug-likeness (QED) is 0.735. The summed E-state index contributed by atoms with van der Waals surface area (Å²) in [6.45, 7) is 5.37. The number of rotatable bonds is 4. The number of nitroso groups, excluding NO2 is 1. The molecule has 0 aliphatic heterocycles. The normalized spacial score (nSPS) is 12.0. The SMILES string of the molecule is CCn1cc(N=O)c(S(=O)(=O)C(C)C)n1. The van der Waals surface area contributed by atoms with Gasteiger partial charge in [-0.1, -0.05) is 0 Å². The van der Waals surface area contributed by atoms with Crippen molar-refractivity contribution >= 4 is 15.5 Å². The van der Waals surface area contributed by atoms with E-state index < -0.39 is 15.1 Å². The molecule has 1 rings (SSSR count). The number of hydrogen-bond donors (Lipinski definition) is 0. The minimum atomic E-state index is -3.53. The van der Waals surface area contributed by atoms with Gasteiger partial charge in [-0.2, -0.15) is 5.10 Å². The van der Waals surface area contributed by atoms with Crippen LogP contribution in [0.25, 0.3) is 0 Å². The molecule has 0 bridgehead atoms. The highest BCUT2D eigenvalue weighted by Crippen LogP contribution is 2.25. The fraction of sp³-hybridized carbons (Fsp3) is 0.625. The molecule has 1 aromatic heterocycles. The molecule has 1 heterocycles. The van der Waals surface area contributed by atoms with Gasteiger partial charge in [0.2, 0.25) is 14.9 Å². The van der Waals surface area contributed by atoms with E-state index in [4.69, 9.17) is 0 Å². The molecule has 0 atom stereocenters. The summed E-state index contributed by atoms with van der Waals surface area (Å²) >= 11 is 0. The van der Waals surface area contributed by atoms with Gasteiger partial charge in [0.15, 0.2) is 5.69 Å². The second kappa shape index (κ2) is 4.09. The van der Waals surface area contributed by atoms with Crippen molar-refractivity contribution in [1.29, 1.82) is 0 Å². The lowest BCUT2D eigenvalue weighted by Gasteiger charge is -2.03. The number of hydrogen-bond acceptors (Lipinski definition) is 5. The topological polar surface area (TPSA) is 81.4 Å². The van der Waals surface area contributed by atoms with Crippen molar-refractivity contribution in [2.24, 2.45) is 5.18 Å². The van der Waals surface area contributed by atoms with Crippen LogP contribution in [-0.2, 0) is 16.4 Å². The Kier molecular flexibility index (Phi) is 3.23. The summed E-state index contributed by atoms with van der Waals surface area (Å²) in [5.74, 6) is 0. The number of aromatic nitrogens is 2. The van der Waals surface area contributed by atoms with Gasteiger partial charge in [0.1, 0.15) is 0 Å². The van der Waals surface area contributed by atoms with E-state index in [1.165, 1.54) is 24.7 Å². The van der Waals surface area contributed by atoms with Crippen LogP contribution in [0.5, 0.6) is 0 Å². The van der Waals surface area contributed by atoms with E-state index in [9.17, 15) is 13.3 Å². The van der Waals surface area contributed by atoms with Crippen LogP contribution in [0, 0.1) is 4.91 Å². The van der Waals surface area contributed by atoms with Crippen molar-refractivity contribution in [3.63, 3.8) is 0 Å². The molecule has 6 nitrogen and oxygen atoms in total. The van der Waals surface area contributed by atoms with E-state index in [-0.39, 0.29) is 10.7 Å². The van der Waals surface area contributed by atoms with Crippen molar-refractivity contribution in [1.82, 2.24) is 9.78 Å². The largest absolute Gasteiger partial charge is 0.269 e. The van der Waals surface area contributed by atoms with Gasteiger partial charge >= 0.3 is 0 Å². The van der Waals surface area contributed by atoms with Gasteiger partial charge in [-0.3, -0.25) is 4.68 Å². The first-order chi connectivity index (χ1) is 6.93. The first-order valence-electron chi connectivity index (χ1n) is 4.58. The van der Waals surface area contributed by atoms with E-state index in [1.807, 2.05) is 0 Å². The van der Waals surface area contributed by atoms with Crippen molar-refractivity contribution in [2.45, 2.75) is 37.6 Å². The summed E-state index contributed by atoms with van der Waals surface area (Å²) in [5.41, 5.74) is -0.120. The third-order valence-corrected chi connectivity index (χ3v) is 4.09. The fourth-order valence-electron chi connectivity index (χ4n) is 1.04. The molecule has 7 heteroatoms. The van der Waals surface area contributed by atoms with Crippen LogP contribution in [0.1, 0.15) is 20.8 Å².